The summed E-state index contributed by atoms with van der Waals surface area (Å²) in [5.41, 5.74) is -0.521. The molecule has 4 heterocycles. The van der Waals surface area contributed by atoms with Gasteiger partial charge in [0.15, 0.2) is 51.4 Å². The normalized spacial score (nSPS) is 28.0. The third-order valence-corrected chi connectivity index (χ3v) is 13.5. The van der Waals surface area contributed by atoms with Gasteiger partial charge in [-0.25, -0.2) is 9.59 Å². The lowest BCUT2D eigenvalue weighted by molar-refractivity contribution is -0.278. The Morgan fingerprint density at radius 1 is 0.500 bits per heavy atom. The van der Waals surface area contributed by atoms with Crippen LogP contribution in [-0.4, -0.2) is 219 Å². The van der Waals surface area contributed by atoms with Crippen molar-refractivity contribution in [3.05, 3.63) is 94.2 Å². The van der Waals surface area contributed by atoms with E-state index in [4.69, 9.17) is 61.3 Å². The molecule has 4 aliphatic heterocycles. The fourth-order valence-electron chi connectivity index (χ4n) is 8.89. The molecule has 3 saturated heterocycles. The van der Waals surface area contributed by atoms with Crippen LogP contribution in [0.25, 0.3) is 34.8 Å². The van der Waals surface area contributed by atoms with Crippen molar-refractivity contribution in [1.29, 1.82) is 0 Å². The highest BCUT2D eigenvalue weighted by Gasteiger charge is 2.48. The molecule has 0 aromatic heterocycles. The van der Waals surface area contributed by atoms with Crippen LogP contribution in [0.2, 0.25) is 0 Å². The van der Waals surface area contributed by atoms with E-state index in [1.807, 2.05) is 0 Å². The molecule has 0 bridgehead atoms. The summed E-state index contributed by atoms with van der Waals surface area (Å²) in [5.74, 6) is -4.92. The molecule has 3 aromatic rings. The standard InChI is InChI=1S/C55H60O29/c1-72-31-11-22(12-32(73-2)41(31)61)5-9-39(59)76-20-37-44(64)47(67)49(69)53(83-37)78-25-16-28(58)26-18-35(81-55-50(70)46(66)43(63)36(19-56)82-55)52(79-29(26)17-25)24-7-8-27(57)30(15-24)80-54-51(71)48(68)45(65)38(84-54)21-77-40(60)10-6-23-13-33(74-3)42(62)34(14-23)75-4/h5-18,36-38,43-51,53-57,61-71H,19-21H2,1-4H3. The Morgan fingerprint density at radius 2 is 0.929 bits per heavy atom. The van der Waals surface area contributed by atoms with Crippen molar-refractivity contribution in [2.75, 3.05) is 48.3 Å². The summed E-state index contributed by atoms with van der Waals surface area (Å²) >= 11 is 0. The van der Waals surface area contributed by atoms with Crippen molar-refractivity contribution in [2.45, 2.75) is 92.1 Å². The highest BCUT2D eigenvalue weighted by molar-refractivity contribution is 5.88. The van der Waals surface area contributed by atoms with E-state index in [2.05, 4.69) is 0 Å². The fraction of sp³-hybridized carbons (Fsp3) is 0.400. The van der Waals surface area contributed by atoms with Crippen molar-refractivity contribution in [1.82, 2.24) is 0 Å². The third-order valence-electron chi connectivity index (χ3n) is 13.5. The number of phenolic OH excluding ortho intramolecular Hbond substituents is 3. The van der Waals surface area contributed by atoms with Crippen LogP contribution in [0.4, 0.5) is 0 Å². The molecule has 1 aliphatic carbocycles. The minimum Gasteiger partial charge on any atom is -0.504 e. The summed E-state index contributed by atoms with van der Waals surface area (Å²) in [6.07, 6.45) is -23.0. The zero-order valence-electron chi connectivity index (χ0n) is 44.7. The molecular weight excluding hydrogens is 1120 g/mol. The van der Waals surface area contributed by atoms with Gasteiger partial charge >= 0.3 is 11.9 Å². The molecule has 0 radical (unpaired) electrons. The molecule has 0 saturated carbocycles. The lowest BCUT2D eigenvalue weighted by Crippen LogP contribution is -2.60. The number of hydrogen-bond donors (Lipinski definition) is 13. The molecule has 0 amide bonds. The minimum absolute atomic E-state index is 0.0426. The Kier molecular flexibility index (Phi) is 19.7. The van der Waals surface area contributed by atoms with Crippen molar-refractivity contribution in [2.24, 2.45) is 0 Å². The monoisotopic (exact) mass is 1180 g/mol. The van der Waals surface area contributed by atoms with Gasteiger partial charge in [0, 0.05) is 29.8 Å². The van der Waals surface area contributed by atoms with Crippen LogP contribution in [0.15, 0.2) is 82.0 Å². The summed E-state index contributed by atoms with van der Waals surface area (Å²) in [4.78, 5) is 39.5. The SMILES string of the molecule is COc1cc(C=CC(=O)OCC2OC(Oc3cc4oc(-c5ccc(O)c(OC6OC(COC(=O)C=Cc7cc(OC)c(O)c(OC)c7)C(O)C(O)C6O)c5)c(OC5OC(CO)C(O)C(O)C5O)cc-4c(=O)c3)C(O)C(O)C2O)cc(OC)c1O. The number of hydrogen-bond acceptors (Lipinski definition) is 29. The Labute approximate surface area is 474 Å². The number of ether oxygens (including phenoxy) is 12. The van der Waals surface area contributed by atoms with Gasteiger partial charge in [0.1, 0.15) is 98.0 Å². The van der Waals surface area contributed by atoms with Crippen LogP contribution in [0.1, 0.15) is 11.1 Å². The second kappa shape index (κ2) is 26.7. The molecule has 3 fully saturated rings. The van der Waals surface area contributed by atoms with Gasteiger partial charge in [-0.3, -0.25) is 4.79 Å². The molecule has 454 valence electrons. The summed E-state index contributed by atoms with van der Waals surface area (Å²) in [6, 6.07) is 12.1. The zero-order valence-corrected chi connectivity index (χ0v) is 44.7. The quantitative estimate of drug-likeness (QED) is 0.0316. The van der Waals surface area contributed by atoms with Gasteiger partial charge in [-0.1, -0.05) is 0 Å². The van der Waals surface area contributed by atoms with E-state index in [1.165, 1.54) is 70.9 Å². The van der Waals surface area contributed by atoms with Crippen LogP contribution < -0.4 is 38.6 Å². The van der Waals surface area contributed by atoms with Gasteiger partial charge in [-0.15, -0.1) is 0 Å². The summed E-state index contributed by atoms with van der Waals surface area (Å²) in [6.45, 7) is -2.27. The average Bonchev–Trinajstić information content (AvgIpc) is 2.27. The molecule has 84 heavy (non-hydrogen) atoms. The van der Waals surface area contributed by atoms with E-state index in [1.54, 1.807) is 0 Å². The van der Waals surface area contributed by atoms with Crippen LogP contribution >= 0.6 is 0 Å². The molecule has 15 atom stereocenters. The number of aliphatic hydroxyl groups excluding tert-OH is 10. The largest absolute Gasteiger partial charge is 0.504 e. The smallest absolute Gasteiger partial charge is 0.330 e. The number of benzene rings is 4. The van der Waals surface area contributed by atoms with Gasteiger partial charge in [0.25, 0.3) is 0 Å². The first-order valence-electron chi connectivity index (χ1n) is 25.3. The predicted molar refractivity (Wildman–Crippen MR) is 280 cm³/mol. The number of aromatic hydroxyl groups is 3. The molecular formula is C55H60O29. The highest BCUT2D eigenvalue weighted by Crippen LogP contribution is 2.44. The predicted octanol–water partition coefficient (Wildman–Crippen LogP) is -1.37. The Balaban J connectivity index is 1.04. The van der Waals surface area contributed by atoms with Gasteiger partial charge < -0.3 is 128 Å². The molecule has 29 heteroatoms. The van der Waals surface area contributed by atoms with Crippen molar-refractivity contribution in [3.63, 3.8) is 0 Å². The van der Waals surface area contributed by atoms with Crippen molar-refractivity contribution < 1.29 is 137 Å². The number of phenols is 3. The minimum atomic E-state index is -2.02. The van der Waals surface area contributed by atoms with Crippen LogP contribution in [0.3, 0.4) is 0 Å². The molecule has 3 aromatic carbocycles. The molecule has 8 rings (SSSR count). The van der Waals surface area contributed by atoms with Crippen LogP contribution in [0.5, 0.6) is 57.5 Å². The van der Waals surface area contributed by atoms with Gasteiger partial charge in [0.05, 0.1) is 40.6 Å². The van der Waals surface area contributed by atoms with Crippen LogP contribution in [-0.2, 0) is 33.3 Å². The lowest BCUT2D eigenvalue weighted by Gasteiger charge is -2.40. The number of carbonyl (C=O) groups excluding carboxylic acids is 2. The first-order chi connectivity index (χ1) is 40.1. The summed E-state index contributed by atoms with van der Waals surface area (Å²) in [5, 5.41) is 139. The van der Waals surface area contributed by atoms with E-state index >= 15 is 0 Å². The maximum Gasteiger partial charge on any atom is 0.330 e. The number of fused-ring (bicyclic) bond motifs is 1. The molecule has 0 spiro atoms. The Hall–Kier alpha value is -8.01. The number of rotatable bonds is 20. The fourth-order valence-corrected chi connectivity index (χ4v) is 8.89. The first-order valence-corrected chi connectivity index (χ1v) is 25.3. The maximum absolute atomic E-state index is 13.9. The molecule has 15 unspecified atom stereocenters. The molecule has 13 N–H and O–H groups in total. The molecule has 5 aliphatic rings. The second-order valence-corrected chi connectivity index (χ2v) is 19.0. The second-order valence-electron chi connectivity index (χ2n) is 19.0. The van der Waals surface area contributed by atoms with Gasteiger partial charge in [0.2, 0.25) is 30.4 Å². The lowest BCUT2D eigenvalue weighted by atomic mass is 9.99. The Morgan fingerprint density at radius 3 is 1.38 bits per heavy atom. The van der Waals surface area contributed by atoms with E-state index in [0.29, 0.717) is 11.1 Å². The van der Waals surface area contributed by atoms with Gasteiger partial charge in [-0.05, 0) is 71.8 Å². The van der Waals surface area contributed by atoms with Gasteiger partial charge in [-0.2, -0.15) is 0 Å². The number of methoxy groups -OCH3 is 4. The van der Waals surface area contributed by atoms with E-state index in [9.17, 15) is 80.8 Å². The maximum atomic E-state index is 13.9. The summed E-state index contributed by atoms with van der Waals surface area (Å²) < 4.78 is 71.9. The third kappa shape index (κ3) is 13.5. The van der Waals surface area contributed by atoms with E-state index in [-0.39, 0.29) is 62.9 Å². The number of carbonyl (C=O) groups is 2. The average molecular weight is 1190 g/mol. The number of aliphatic hydroxyl groups is 10. The number of esters is 2. The van der Waals surface area contributed by atoms with Crippen molar-refractivity contribution >= 4 is 24.1 Å². The highest BCUT2D eigenvalue weighted by atomic mass is 16.7. The van der Waals surface area contributed by atoms with Crippen molar-refractivity contribution in [3.8, 4) is 80.1 Å². The van der Waals surface area contributed by atoms with E-state index < -0.39 is 147 Å². The zero-order chi connectivity index (χ0) is 60.8. The topological polar surface area (TPSA) is 438 Å². The first kappa shape index (κ1) is 62.0. The molecule has 29 nitrogen and oxygen atoms in total. The Bertz CT molecular complexity index is 3160. The van der Waals surface area contributed by atoms with E-state index in [0.717, 1.165) is 42.5 Å². The van der Waals surface area contributed by atoms with Crippen LogP contribution in [0, 0.1) is 0 Å². The summed E-state index contributed by atoms with van der Waals surface area (Å²) in [7, 11) is 5.23.